The number of nitrogens with one attached hydrogen (secondary N) is 2. The van der Waals surface area contributed by atoms with Gasteiger partial charge in [-0.2, -0.15) is 0 Å². The van der Waals surface area contributed by atoms with Crippen LogP contribution in [0.4, 0.5) is 0 Å². The highest BCUT2D eigenvalue weighted by molar-refractivity contribution is 14.0. The summed E-state index contributed by atoms with van der Waals surface area (Å²) >= 11 is 0. The number of halogens is 1. The minimum absolute atomic E-state index is 0. The molecule has 2 aromatic rings. The van der Waals surface area contributed by atoms with Crippen LogP contribution >= 0.6 is 24.0 Å². The lowest BCUT2D eigenvalue weighted by atomic mass is 10.1. The Morgan fingerprint density at radius 1 is 1.24 bits per heavy atom. The average molecular weight is 518 g/mol. The number of hydrogen-bond acceptors (Lipinski definition) is 6. The summed E-state index contributed by atoms with van der Waals surface area (Å²) in [7, 11) is 3.16. The fraction of sp³-hybridized carbons (Fsp3) is 0.526. The summed E-state index contributed by atoms with van der Waals surface area (Å²) in [6.07, 6.45) is 1.75. The maximum Gasteiger partial charge on any atom is 0.191 e. The van der Waals surface area contributed by atoms with Crippen LogP contribution in [0.25, 0.3) is 0 Å². The summed E-state index contributed by atoms with van der Waals surface area (Å²) in [6, 6.07) is 5.33. The van der Waals surface area contributed by atoms with E-state index in [2.05, 4.69) is 25.8 Å². The van der Waals surface area contributed by atoms with Gasteiger partial charge >= 0.3 is 0 Å². The Morgan fingerprint density at radius 2 is 2.03 bits per heavy atom. The number of aromatic nitrogens is 3. The molecule has 1 aromatic carbocycles. The van der Waals surface area contributed by atoms with Gasteiger partial charge in [0.1, 0.15) is 29.8 Å². The first-order valence-corrected chi connectivity index (χ1v) is 9.41. The van der Waals surface area contributed by atoms with Crippen molar-refractivity contribution in [3.8, 4) is 11.5 Å². The topological polar surface area (TPSA) is 106 Å². The van der Waals surface area contributed by atoms with Crippen molar-refractivity contribution in [1.82, 2.24) is 25.4 Å². The third kappa shape index (κ3) is 7.35. The van der Waals surface area contributed by atoms with Crippen LogP contribution in [0.2, 0.25) is 0 Å². The van der Waals surface area contributed by atoms with Crippen LogP contribution < -0.4 is 20.1 Å². The van der Waals surface area contributed by atoms with Crippen LogP contribution in [0.1, 0.15) is 31.3 Å². The maximum absolute atomic E-state index is 10.6. The molecule has 0 fully saturated rings. The molecule has 29 heavy (non-hydrogen) atoms. The lowest BCUT2D eigenvalue weighted by Gasteiger charge is -2.16. The van der Waals surface area contributed by atoms with E-state index >= 15 is 0 Å². The summed E-state index contributed by atoms with van der Waals surface area (Å²) < 4.78 is 12.6. The smallest absolute Gasteiger partial charge is 0.191 e. The number of hydrogen-bond donors (Lipinski definition) is 3. The lowest BCUT2D eigenvalue weighted by Crippen LogP contribution is -2.39. The van der Waals surface area contributed by atoms with Crippen LogP contribution in [0.3, 0.4) is 0 Å². The van der Waals surface area contributed by atoms with Gasteiger partial charge in [-0.05, 0) is 25.1 Å². The number of aliphatic hydroxyl groups is 1. The monoisotopic (exact) mass is 518 g/mol. The number of rotatable bonds is 10. The molecule has 0 aliphatic heterocycles. The summed E-state index contributed by atoms with van der Waals surface area (Å²) in [5.41, 5.74) is 0.638. The molecule has 0 radical (unpaired) electrons. The van der Waals surface area contributed by atoms with Gasteiger partial charge in [0, 0.05) is 31.6 Å². The predicted octanol–water partition coefficient (Wildman–Crippen LogP) is 1.76. The predicted molar refractivity (Wildman–Crippen MR) is 123 cm³/mol. The zero-order valence-corrected chi connectivity index (χ0v) is 19.7. The molecule has 0 bridgehead atoms. The molecule has 3 N–H and O–H groups in total. The van der Waals surface area contributed by atoms with E-state index < -0.39 is 6.10 Å². The summed E-state index contributed by atoms with van der Waals surface area (Å²) in [5, 5.41) is 25.1. The average Bonchev–Trinajstić information content (AvgIpc) is 3.18. The van der Waals surface area contributed by atoms with Gasteiger partial charge in [0.25, 0.3) is 0 Å². The minimum atomic E-state index is -0.815. The van der Waals surface area contributed by atoms with Gasteiger partial charge in [0.2, 0.25) is 0 Å². The normalized spacial score (nSPS) is 12.1. The van der Waals surface area contributed by atoms with Gasteiger partial charge in [-0.15, -0.1) is 34.2 Å². The Kier molecular flexibility index (Phi) is 11.4. The van der Waals surface area contributed by atoms with E-state index in [9.17, 15) is 5.11 Å². The van der Waals surface area contributed by atoms with Crippen LogP contribution in [0.15, 0.2) is 29.5 Å². The van der Waals surface area contributed by atoms with Gasteiger partial charge in [-0.3, -0.25) is 4.99 Å². The molecule has 0 spiro atoms. The molecule has 162 valence electrons. The van der Waals surface area contributed by atoms with E-state index in [1.54, 1.807) is 38.7 Å². The van der Waals surface area contributed by atoms with Crippen LogP contribution in [0.5, 0.6) is 11.5 Å². The van der Waals surface area contributed by atoms with Crippen molar-refractivity contribution in [2.24, 2.45) is 4.99 Å². The molecule has 0 aliphatic carbocycles. The van der Waals surface area contributed by atoms with E-state index in [0.29, 0.717) is 29.6 Å². The first kappa shape index (κ1) is 25.0. The molecule has 0 saturated heterocycles. The Bertz CT molecular complexity index is 768. The second kappa shape index (κ2) is 13.2. The SMILES string of the molecule is CCNC(=NCC(O)c1cc(OC)ccc1OC)NCCn1cnnc1CC.I. The number of guanidine groups is 1. The molecule has 10 heteroatoms. The van der Waals surface area contributed by atoms with Crippen molar-refractivity contribution in [1.29, 1.82) is 0 Å². The Labute approximate surface area is 188 Å². The highest BCUT2D eigenvalue weighted by Gasteiger charge is 2.14. The number of nitrogens with zero attached hydrogens (tertiary/aromatic N) is 4. The number of aryl methyl sites for hydroxylation is 1. The zero-order chi connectivity index (χ0) is 20.4. The Morgan fingerprint density at radius 3 is 2.69 bits per heavy atom. The summed E-state index contributed by atoms with van der Waals surface area (Å²) in [4.78, 5) is 4.49. The molecule has 2 rings (SSSR count). The first-order chi connectivity index (χ1) is 13.6. The van der Waals surface area contributed by atoms with Crippen LogP contribution in [-0.4, -0.2) is 59.7 Å². The Balaban J connectivity index is 0.00000420. The second-order valence-corrected chi connectivity index (χ2v) is 6.06. The van der Waals surface area contributed by atoms with E-state index in [0.717, 1.165) is 25.3 Å². The Hall–Kier alpha value is -2.08. The fourth-order valence-corrected chi connectivity index (χ4v) is 2.75. The molecule has 1 unspecified atom stereocenters. The van der Waals surface area contributed by atoms with Crippen molar-refractivity contribution >= 4 is 29.9 Å². The fourth-order valence-electron chi connectivity index (χ4n) is 2.75. The summed E-state index contributed by atoms with van der Waals surface area (Å²) in [6.45, 7) is 6.34. The number of ether oxygens (including phenoxy) is 2. The zero-order valence-electron chi connectivity index (χ0n) is 17.4. The van der Waals surface area contributed by atoms with E-state index in [4.69, 9.17) is 9.47 Å². The molecule has 1 aromatic heterocycles. The van der Waals surface area contributed by atoms with E-state index in [-0.39, 0.29) is 30.5 Å². The van der Waals surface area contributed by atoms with Crippen LogP contribution in [0, 0.1) is 0 Å². The highest BCUT2D eigenvalue weighted by Crippen LogP contribution is 2.29. The number of aliphatic imine (C=N–C) groups is 1. The van der Waals surface area contributed by atoms with Crippen LogP contribution in [-0.2, 0) is 13.0 Å². The third-order valence-electron chi connectivity index (χ3n) is 4.22. The van der Waals surface area contributed by atoms with Gasteiger partial charge in [-0.25, -0.2) is 0 Å². The molecule has 1 heterocycles. The van der Waals surface area contributed by atoms with Crippen molar-refractivity contribution in [2.45, 2.75) is 32.9 Å². The summed E-state index contributed by atoms with van der Waals surface area (Å²) in [5.74, 6) is 2.84. The largest absolute Gasteiger partial charge is 0.497 e. The van der Waals surface area contributed by atoms with Gasteiger partial charge < -0.3 is 29.8 Å². The van der Waals surface area contributed by atoms with Gasteiger partial charge in [0.15, 0.2) is 5.96 Å². The molecule has 0 amide bonds. The number of aliphatic hydroxyl groups excluding tert-OH is 1. The number of methoxy groups -OCH3 is 2. The molecule has 1 atom stereocenters. The minimum Gasteiger partial charge on any atom is -0.497 e. The van der Waals surface area contributed by atoms with Crippen molar-refractivity contribution in [3.63, 3.8) is 0 Å². The standard InChI is InChI=1S/C19H30N6O3.HI/c1-5-18-24-23-13-25(18)10-9-21-19(20-6-2)22-12-16(26)15-11-14(27-3)7-8-17(15)28-4;/h7-8,11,13,16,26H,5-6,9-10,12H2,1-4H3,(H2,20,21,22);1H. The highest BCUT2D eigenvalue weighted by atomic mass is 127. The third-order valence-corrected chi connectivity index (χ3v) is 4.22. The van der Waals surface area contributed by atoms with Gasteiger partial charge in [0.05, 0.1) is 20.8 Å². The van der Waals surface area contributed by atoms with Gasteiger partial charge in [-0.1, -0.05) is 6.92 Å². The molecular formula is C19H31IN6O3. The van der Waals surface area contributed by atoms with E-state index in [1.807, 2.05) is 18.4 Å². The molecule has 0 saturated carbocycles. The van der Waals surface area contributed by atoms with E-state index in [1.165, 1.54) is 0 Å². The van der Waals surface area contributed by atoms with Crippen molar-refractivity contribution in [2.75, 3.05) is 33.9 Å². The lowest BCUT2D eigenvalue weighted by molar-refractivity contribution is 0.182. The molecule has 9 nitrogen and oxygen atoms in total. The first-order valence-electron chi connectivity index (χ1n) is 9.41. The number of benzene rings is 1. The maximum atomic E-state index is 10.6. The second-order valence-electron chi connectivity index (χ2n) is 6.06. The van der Waals surface area contributed by atoms with Crippen molar-refractivity contribution in [3.05, 3.63) is 35.9 Å². The molecule has 0 aliphatic rings. The molecular weight excluding hydrogens is 487 g/mol. The quantitative estimate of drug-likeness (QED) is 0.250. The van der Waals surface area contributed by atoms with Crippen molar-refractivity contribution < 1.29 is 14.6 Å².